The molecule has 1 aliphatic rings. The highest BCUT2D eigenvalue weighted by Gasteiger charge is 2.18. The third-order valence-electron chi connectivity index (χ3n) is 4.61. The molecule has 6 nitrogen and oxygen atoms in total. The monoisotopic (exact) mass is 363 g/mol. The highest BCUT2D eigenvalue weighted by atomic mass is 16.5. The van der Waals surface area contributed by atoms with Crippen LogP contribution in [0.25, 0.3) is 11.0 Å². The lowest BCUT2D eigenvalue weighted by molar-refractivity contribution is 0.122. The zero-order valence-corrected chi connectivity index (χ0v) is 15.4. The number of hydrogen-bond donors (Lipinski definition) is 2. The SMILES string of the molecule is c1ccc(NCCCNc2nc3ccccc3nc2N2CCOCC2)cc1. The lowest BCUT2D eigenvalue weighted by Gasteiger charge is -2.29. The summed E-state index contributed by atoms with van der Waals surface area (Å²) in [6.45, 7) is 4.90. The van der Waals surface area contributed by atoms with Gasteiger partial charge >= 0.3 is 0 Å². The third-order valence-corrected chi connectivity index (χ3v) is 4.61. The van der Waals surface area contributed by atoms with E-state index in [-0.39, 0.29) is 0 Å². The lowest BCUT2D eigenvalue weighted by Crippen LogP contribution is -2.37. The Morgan fingerprint density at radius 1 is 0.815 bits per heavy atom. The Hall–Kier alpha value is -2.86. The van der Waals surface area contributed by atoms with Gasteiger partial charge < -0.3 is 20.3 Å². The Kier molecular flexibility index (Phi) is 5.64. The van der Waals surface area contributed by atoms with E-state index in [1.807, 2.05) is 42.5 Å². The van der Waals surface area contributed by atoms with Gasteiger partial charge in [0.2, 0.25) is 0 Å². The van der Waals surface area contributed by atoms with Gasteiger partial charge in [0.15, 0.2) is 11.6 Å². The molecule has 2 aromatic carbocycles. The lowest BCUT2D eigenvalue weighted by atomic mass is 10.3. The molecular weight excluding hydrogens is 338 g/mol. The number of nitrogens with zero attached hydrogens (tertiary/aromatic N) is 3. The Bertz CT molecular complexity index is 865. The minimum Gasteiger partial charge on any atom is -0.385 e. The number of para-hydroxylation sites is 3. The van der Waals surface area contributed by atoms with Gasteiger partial charge in [-0.15, -0.1) is 0 Å². The number of aromatic nitrogens is 2. The Balaban J connectivity index is 1.42. The van der Waals surface area contributed by atoms with Crippen molar-refractivity contribution in [1.82, 2.24) is 9.97 Å². The van der Waals surface area contributed by atoms with Crippen molar-refractivity contribution in [3.8, 4) is 0 Å². The van der Waals surface area contributed by atoms with Crippen molar-refractivity contribution in [3.63, 3.8) is 0 Å². The van der Waals surface area contributed by atoms with Gasteiger partial charge in [0.1, 0.15) is 0 Å². The number of fused-ring (bicyclic) bond motifs is 1. The molecule has 0 saturated carbocycles. The number of anilines is 3. The van der Waals surface area contributed by atoms with Gasteiger partial charge in [-0.25, -0.2) is 9.97 Å². The molecule has 0 bridgehead atoms. The predicted octanol–water partition coefficient (Wildman–Crippen LogP) is 3.38. The van der Waals surface area contributed by atoms with E-state index in [0.717, 1.165) is 74.2 Å². The van der Waals surface area contributed by atoms with Gasteiger partial charge in [-0.1, -0.05) is 30.3 Å². The van der Waals surface area contributed by atoms with Gasteiger partial charge in [0.25, 0.3) is 0 Å². The van der Waals surface area contributed by atoms with E-state index >= 15 is 0 Å². The van der Waals surface area contributed by atoms with Gasteiger partial charge in [-0.05, 0) is 30.7 Å². The molecule has 1 saturated heterocycles. The van der Waals surface area contributed by atoms with Crippen LogP contribution in [0.1, 0.15) is 6.42 Å². The molecule has 2 N–H and O–H groups in total. The molecule has 0 aliphatic carbocycles. The molecule has 3 aromatic rings. The molecular formula is C21H25N5O. The fourth-order valence-corrected chi connectivity index (χ4v) is 3.19. The van der Waals surface area contributed by atoms with Crippen LogP contribution in [-0.4, -0.2) is 49.4 Å². The third kappa shape index (κ3) is 4.46. The van der Waals surface area contributed by atoms with Crippen LogP contribution in [0.2, 0.25) is 0 Å². The van der Waals surface area contributed by atoms with Crippen molar-refractivity contribution >= 4 is 28.4 Å². The number of nitrogens with one attached hydrogen (secondary N) is 2. The predicted molar refractivity (Wildman–Crippen MR) is 111 cm³/mol. The second kappa shape index (κ2) is 8.68. The molecule has 27 heavy (non-hydrogen) atoms. The minimum atomic E-state index is 0.731. The standard InChI is InChI=1S/C21H25N5O/c1-2-7-17(8-3-1)22-11-6-12-23-20-21(26-13-15-27-16-14-26)25-19-10-5-4-9-18(19)24-20/h1-5,7-10,22H,6,11-16H2,(H,23,24). The molecule has 4 rings (SSSR count). The quantitative estimate of drug-likeness (QED) is 0.628. The number of hydrogen-bond acceptors (Lipinski definition) is 6. The molecule has 0 atom stereocenters. The summed E-state index contributed by atoms with van der Waals surface area (Å²) >= 11 is 0. The first-order valence-corrected chi connectivity index (χ1v) is 9.52. The van der Waals surface area contributed by atoms with E-state index < -0.39 is 0 Å². The van der Waals surface area contributed by atoms with E-state index in [1.54, 1.807) is 0 Å². The van der Waals surface area contributed by atoms with E-state index in [9.17, 15) is 0 Å². The molecule has 2 heterocycles. The van der Waals surface area contributed by atoms with Crippen LogP contribution in [0.5, 0.6) is 0 Å². The summed E-state index contributed by atoms with van der Waals surface area (Å²) in [6, 6.07) is 18.3. The maximum Gasteiger partial charge on any atom is 0.172 e. The fraction of sp³-hybridized carbons (Fsp3) is 0.333. The minimum absolute atomic E-state index is 0.731. The topological polar surface area (TPSA) is 62.3 Å². The van der Waals surface area contributed by atoms with Crippen LogP contribution in [0.15, 0.2) is 54.6 Å². The smallest absolute Gasteiger partial charge is 0.172 e. The molecule has 0 unspecified atom stereocenters. The van der Waals surface area contributed by atoms with Crippen LogP contribution in [0.4, 0.5) is 17.3 Å². The molecule has 0 amide bonds. The van der Waals surface area contributed by atoms with Gasteiger partial charge in [-0.3, -0.25) is 0 Å². The van der Waals surface area contributed by atoms with Crippen molar-refractivity contribution in [3.05, 3.63) is 54.6 Å². The summed E-state index contributed by atoms with van der Waals surface area (Å²) in [5, 5.41) is 6.93. The molecule has 0 radical (unpaired) electrons. The highest BCUT2D eigenvalue weighted by Crippen LogP contribution is 2.25. The molecule has 1 aliphatic heterocycles. The van der Waals surface area contributed by atoms with Crippen molar-refractivity contribution in [1.29, 1.82) is 0 Å². The number of morpholine rings is 1. The first-order valence-electron chi connectivity index (χ1n) is 9.52. The van der Waals surface area contributed by atoms with Gasteiger partial charge in [0.05, 0.1) is 24.2 Å². The summed E-state index contributed by atoms with van der Waals surface area (Å²) in [5.74, 6) is 1.78. The Morgan fingerprint density at radius 2 is 1.48 bits per heavy atom. The second-order valence-corrected chi connectivity index (χ2v) is 6.56. The first-order chi connectivity index (χ1) is 13.4. The average Bonchev–Trinajstić information content (AvgIpc) is 2.74. The maximum absolute atomic E-state index is 5.49. The van der Waals surface area contributed by atoms with Crippen LogP contribution >= 0.6 is 0 Å². The molecule has 1 aromatic heterocycles. The Labute approximate surface area is 159 Å². The summed E-state index contributed by atoms with van der Waals surface area (Å²) < 4.78 is 5.49. The van der Waals surface area contributed by atoms with Gasteiger partial charge in [0, 0.05) is 31.9 Å². The largest absolute Gasteiger partial charge is 0.385 e. The number of ether oxygens (including phenoxy) is 1. The van der Waals surface area contributed by atoms with Crippen molar-refractivity contribution in [2.75, 3.05) is 54.9 Å². The van der Waals surface area contributed by atoms with Crippen LogP contribution < -0.4 is 15.5 Å². The van der Waals surface area contributed by atoms with E-state index in [1.165, 1.54) is 0 Å². The van der Waals surface area contributed by atoms with Gasteiger partial charge in [-0.2, -0.15) is 0 Å². The highest BCUT2D eigenvalue weighted by molar-refractivity contribution is 5.80. The molecule has 1 fully saturated rings. The molecule has 6 heteroatoms. The van der Waals surface area contributed by atoms with E-state index in [2.05, 4.69) is 27.7 Å². The first kappa shape index (κ1) is 17.5. The van der Waals surface area contributed by atoms with E-state index in [4.69, 9.17) is 14.7 Å². The summed E-state index contributed by atoms with van der Waals surface area (Å²) in [5.41, 5.74) is 2.99. The van der Waals surface area contributed by atoms with E-state index in [0.29, 0.717) is 0 Å². The fourth-order valence-electron chi connectivity index (χ4n) is 3.19. The summed E-state index contributed by atoms with van der Waals surface area (Å²) in [4.78, 5) is 12.0. The van der Waals surface area contributed by atoms with Crippen molar-refractivity contribution in [2.24, 2.45) is 0 Å². The zero-order valence-electron chi connectivity index (χ0n) is 15.4. The van der Waals surface area contributed by atoms with Crippen LogP contribution in [0.3, 0.4) is 0 Å². The summed E-state index contributed by atoms with van der Waals surface area (Å²) in [6.07, 6.45) is 0.992. The normalized spacial score (nSPS) is 14.3. The summed E-state index contributed by atoms with van der Waals surface area (Å²) in [7, 11) is 0. The maximum atomic E-state index is 5.49. The van der Waals surface area contributed by atoms with Crippen molar-refractivity contribution < 1.29 is 4.74 Å². The average molecular weight is 363 g/mol. The van der Waals surface area contributed by atoms with Crippen molar-refractivity contribution in [2.45, 2.75) is 6.42 Å². The second-order valence-electron chi connectivity index (χ2n) is 6.56. The Morgan fingerprint density at radius 3 is 2.26 bits per heavy atom. The number of benzene rings is 2. The molecule has 0 spiro atoms. The van der Waals surface area contributed by atoms with Crippen LogP contribution in [0, 0.1) is 0 Å². The van der Waals surface area contributed by atoms with Crippen LogP contribution in [-0.2, 0) is 4.74 Å². The number of rotatable bonds is 7. The zero-order chi connectivity index (χ0) is 18.3. The molecule has 140 valence electrons.